The van der Waals surface area contributed by atoms with E-state index in [9.17, 15) is 9.50 Å². The molecule has 2 heteroatoms. The average Bonchev–Trinajstić information content (AvgIpc) is 2.98. The SMILES string of the molecule is OCC(Cc1cccc(F)c1)C1CC2CCC1C2. The van der Waals surface area contributed by atoms with Crippen molar-refractivity contribution in [3.8, 4) is 0 Å². The second-order valence-electron chi connectivity index (χ2n) is 6.12. The molecule has 0 spiro atoms. The molecule has 2 saturated carbocycles. The normalized spacial score (nSPS) is 31.8. The number of hydrogen-bond donors (Lipinski definition) is 1. The highest BCUT2D eigenvalue weighted by atomic mass is 19.1. The minimum atomic E-state index is -0.169. The second kappa shape index (κ2) is 5.00. The van der Waals surface area contributed by atoms with Crippen molar-refractivity contribution in [1.82, 2.24) is 0 Å². The topological polar surface area (TPSA) is 20.2 Å². The molecular formula is C16H21FO. The molecule has 1 N–H and O–H groups in total. The number of aliphatic hydroxyl groups excluding tert-OH is 1. The van der Waals surface area contributed by atoms with E-state index in [2.05, 4.69) is 0 Å². The van der Waals surface area contributed by atoms with Crippen molar-refractivity contribution in [2.75, 3.05) is 6.61 Å². The van der Waals surface area contributed by atoms with Crippen molar-refractivity contribution in [3.63, 3.8) is 0 Å². The lowest BCUT2D eigenvalue weighted by Gasteiger charge is -2.29. The first-order valence-corrected chi connectivity index (χ1v) is 7.11. The van der Waals surface area contributed by atoms with Gasteiger partial charge in [-0.05, 0) is 67.1 Å². The number of halogens is 1. The van der Waals surface area contributed by atoms with Crippen LogP contribution in [-0.2, 0) is 6.42 Å². The molecule has 2 fully saturated rings. The van der Waals surface area contributed by atoms with E-state index in [1.807, 2.05) is 6.07 Å². The summed E-state index contributed by atoms with van der Waals surface area (Å²) in [6.07, 6.45) is 6.20. The zero-order valence-corrected chi connectivity index (χ0v) is 10.7. The second-order valence-corrected chi connectivity index (χ2v) is 6.12. The minimum absolute atomic E-state index is 0.169. The van der Waals surface area contributed by atoms with Crippen LogP contribution < -0.4 is 0 Å². The highest BCUT2D eigenvalue weighted by Crippen LogP contribution is 2.51. The lowest BCUT2D eigenvalue weighted by molar-refractivity contribution is 0.136. The largest absolute Gasteiger partial charge is 0.396 e. The molecule has 2 aliphatic carbocycles. The molecule has 1 aromatic carbocycles. The van der Waals surface area contributed by atoms with Crippen LogP contribution >= 0.6 is 0 Å². The average molecular weight is 248 g/mol. The third kappa shape index (κ3) is 2.31. The predicted octanol–water partition coefficient (Wildman–Crippen LogP) is 3.41. The molecule has 0 aliphatic heterocycles. The summed E-state index contributed by atoms with van der Waals surface area (Å²) in [5.41, 5.74) is 1.02. The molecule has 2 bridgehead atoms. The summed E-state index contributed by atoms with van der Waals surface area (Å²) in [6.45, 7) is 0.240. The van der Waals surface area contributed by atoms with Crippen LogP contribution in [0.5, 0.6) is 0 Å². The number of benzene rings is 1. The standard InChI is InChI=1S/C16H21FO/c17-15-3-1-2-11(8-15)7-14(10-18)16-9-12-4-5-13(16)6-12/h1-3,8,12-14,16,18H,4-7,9-10H2. The fourth-order valence-corrected chi connectivity index (χ4v) is 4.19. The van der Waals surface area contributed by atoms with Crippen LogP contribution in [0.3, 0.4) is 0 Å². The number of aliphatic hydroxyl groups is 1. The third-order valence-electron chi connectivity index (χ3n) is 5.02. The highest BCUT2D eigenvalue weighted by Gasteiger charge is 2.42. The fourth-order valence-electron chi connectivity index (χ4n) is 4.19. The lowest BCUT2D eigenvalue weighted by Crippen LogP contribution is -2.25. The van der Waals surface area contributed by atoms with Gasteiger partial charge in [-0.3, -0.25) is 0 Å². The Labute approximate surface area is 108 Å². The van der Waals surface area contributed by atoms with E-state index in [-0.39, 0.29) is 12.4 Å². The summed E-state index contributed by atoms with van der Waals surface area (Å²) in [5.74, 6) is 2.54. The zero-order chi connectivity index (χ0) is 12.5. The molecule has 0 amide bonds. The van der Waals surface area contributed by atoms with Gasteiger partial charge < -0.3 is 5.11 Å². The van der Waals surface area contributed by atoms with Gasteiger partial charge in [-0.2, -0.15) is 0 Å². The van der Waals surface area contributed by atoms with Gasteiger partial charge >= 0.3 is 0 Å². The van der Waals surface area contributed by atoms with Gasteiger partial charge in [0, 0.05) is 6.61 Å². The van der Waals surface area contributed by atoms with Crippen molar-refractivity contribution in [1.29, 1.82) is 0 Å². The molecule has 4 atom stereocenters. The molecule has 2 aliphatic rings. The van der Waals surface area contributed by atoms with Gasteiger partial charge in [0.1, 0.15) is 5.82 Å². The van der Waals surface area contributed by atoms with Crippen LogP contribution in [0.25, 0.3) is 0 Å². The summed E-state index contributed by atoms with van der Waals surface area (Å²) in [4.78, 5) is 0. The Bertz CT molecular complexity index is 417. The van der Waals surface area contributed by atoms with Crippen molar-refractivity contribution in [2.24, 2.45) is 23.7 Å². The van der Waals surface area contributed by atoms with Crippen LogP contribution in [0.4, 0.5) is 4.39 Å². The number of rotatable bonds is 4. The van der Waals surface area contributed by atoms with Gasteiger partial charge in [0.15, 0.2) is 0 Å². The fraction of sp³-hybridized carbons (Fsp3) is 0.625. The van der Waals surface area contributed by atoms with Crippen molar-refractivity contribution in [2.45, 2.75) is 32.1 Å². The summed E-state index contributed by atoms with van der Waals surface area (Å²) in [5, 5.41) is 9.65. The molecule has 3 rings (SSSR count). The van der Waals surface area contributed by atoms with Gasteiger partial charge in [0.25, 0.3) is 0 Å². The van der Waals surface area contributed by atoms with Gasteiger partial charge in [-0.25, -0.2) is 4.39 Å². The highest BCUT2D eigenvalue weighted by molar-refractivity contribution is 5.17. The summed E-state index contributed by atoms with van der Waals surface area (Å²) >= 11 is 0. The Hall–Kier alpha value is -0.890. The molecule has 1 nitrogen and oxygen atoms in total. The molecule has 98 valence electrons. The quantitative estimate of drug-likeness (QED) is 0.865. The summed E-state index contributed by atoms with van der Waals surface area (Å²) < 4.78 is 13.2. The number of fused-ring (bicyclic) bond motifs is 2. The van der Waals surface area contributed by atoms with E-state index >= 15 is 0 Å². The first kappa shape index (κ1) is 12.2. The minimum Gasteiger partial charge on any atom is -0.396 e. The molecule has 0 radical (unpaired) electrons. The van der Waals surface area contributed by atoms with Crippen molar-refractivity contribution < 1.29 is 9.50 Å². The zero-order valence-electron chi connectivity index (χ0n) is 10.7. The Balaban J connectivity index is 1.69. The van der Waals surface area contributed by atoms with Gasteiger partial charge in [-0.15, -0.1) is 0 Å². The molecular weight excluding hydrogens is 227 g/mol. The van der Waals surface area contributed by atoms with E-state index in [0.29, 0.717) is 11.8 Å². The third-order valence-corrected chi connectivity index (χ3v) is 5.02. The predicted molar refractivity (Wildman–Crippen MR) is 69.6 cm³/mol. The van der Waals surface area contributed by atoms with E-state index in [4.69, 9.17) is 0 Å². The maximum absolute atomic E-state index is 13.2. The van der Waals surface area contributed by atoms with Crippen LogP contribution in [0.15, 0.2) is 24.3 Å². The van der Waals surface area contributed by atoms with Gasteiger partial charge in [0.2, 0.25) is 0 Å². The Kier molecular flexibility index (Phi) is 3.38. The molecule has 1 aromatic rings. The van der Waals surface area contributed by atoms with Crippen LogP contribution in [0.1, 0.15) is 31.2 Å². The molecule has 0 saturated heterocycles. The lowest BCUT2D eigenvalue weighted by atomic mass is 9.77. The Morgan fingerprint density at radius 1 is 1.28 bits per heavy atom. The smallest absolute Gasteiger partial charge is 0.123 e. The Morgan fingerprint density at radius 3 is 2.78 bits per heavy atom. The maximum atomic E-state index is 13.2. The summed E-state index contributed by atoms with van der Waals surface area (Å²) in [7, 11) is 0. The van der Waals surface area contributed by atoms with Crippen LogP contribution in [0.2, 0.25) is 0 Å². The monoisotopic (exact) mass is 248 g/mol. The van der Waals surface area contributed by atoms with Crippen LogP contribution in [0, 0.1) is 29.5 Å². The maximum Gasteiger partial charge on any atom is 0.123 e. The van der Waals surface area contributed by atoms with E-state index in [1.165, 1.54) is 31.7 Å². The molecule has 4 unspecified atom stereocenters. The van der Waals surface area contributed by atoms with E-state index in [1.54, 1.807) is 12.1 Å². The van der Waals surface area contributed by atoms with Crippen molar-refractivity contribution in [3.05, 3.63) is 35.6 Å². The first-order chi connectivity index (χ1) is 8.76. The Morgan fingerprint density at radius 2 is 2.17 bits per heavy atom. The van der Waals surface area contributed by atoms with E-state index in [0.717, 1.165) is 23.8 Å². The molecule has 0 heterocycles. The van der Waals surface area contributed by atoms with E-state index < -0.39 is 0 Å². The summed E-state index contributed by atoms with van der Waals surface area (Å²) in [6, 6.07) is 6.82. The van der Waals surface area contributed by atoms with Crippen molar-refractivity contribution >= 4 is 0 Å². The molecule has 0 aromatic heterocycles. The van der Waals surface area contributed by atoms with Crippen LogP contribution in [-0.4, -0.2) is 11.7 Å². The number of hydrogen-bond acceptors (Lipinski definition) is 1. The first-order valence-electron chi connectivity index (χ1n) is 7.11. The van der Waals surface area contributed by atoms with Gasteiger partial charge in [0.05, 0.1) is 0 Å². The van der Waals surface area contributed by atoms with Gasteiger partial charge in [-0.1, -0.05) is 18.6 Å². The molecule has 18 heavy (non-hydrogen) atoms.